The van der Waals surface area contributed by atoms with E-state index in [9.17, 15) is 9.90 Å². The first-order valence-corrected chi connectivity index (χ1v) is 20.2. The molecule has 1 aliphatic heterocycles. The maximum atomic E-state index is 11.7. The zero-order chi connectivity index (χ0) is 32.9. The van der Waals surface area contributed by atoms with E-state index in [0.717, 1.165) is 59.4 Å². The molecule has 5 rings (SSSR count). The molecule has 0 saturated carbocycles. The van der Waals surface area contributed by atoms with Crippen molar-refractivity contribution in [2.24, 2.45) is 17.3 Å². The smallest absolute Gasteiger partial charge is 0.276 e. The van der Waals surface area contributed by atoms with Gasteiger partial charge in [0.2, 0.25) is 0 Å². The van der Waals surface area contributed by atoms with Crippen LogP contribution in [-0.2, 0) is 31.3 Å². The topological polar surface area (TPSA) is 59.4 Å². The third-order valence-electron chi connectivity index (χ3n) is 8.66. The first kappa shape index (κ1) is 37.9. The van der Waals surface area contributed by atoms with Crippen molar-refractivity contribution in [2.45, 2.75) is 93.7 Å². The van der Waals surface area contributed by atoms with Crippen molar-refractivity contribution >= 4 is 40.7 Å². The number of fused-ring (bicyclic) bond motifs is 4. The van der Waals surface area contributed by atoms with E-state index < -0.39 is 8.32 Å². The fraction of sp³-hybridized carbons (Fsp3) is 0.436. The van der Waals surface area contributed by atoms with Gasteiger partial charge in [0.1, 0.15) is 0 Å². The van der Waals surface area contributed by atoms with Gasteiger partial charge < -0.3 is 9.53 Å². The Hall–Kier alpha value is -2.57. The Labute approximate surface area is 295 Å². The molecular formula is C39H50IrNO3SSi-. The summed E-state index contributed by atoms with van der Waals surface area (Å²) in [7, 11) is -2.12. The van der Waals surface area contributed by atoms with Gasteiger partial charge >= 0.3 is 0 Å². The Kier molecular flexibility index (Phi) is 13.2. The Balaban J connectivity index is 0.000000309. The van der Waals surface area contributed by atoms with Gasteiger partial charge in [0, 0.05) is 55.5 Å². The molecular weight excluding hydrogens is 783 g/mol. The molecule has 0 saturated heterocycles. The quantitative estimate of drug-likeness (QED) is 0.0790. The molecule has 1 aliphatic rings. The van der Waals surface area contributed by atoms with E-state index in [-0.39, 0.29) is 48.9 Å². The predicted molar refractivity (Wildman–Crippen MR) is 194 cm³/mol. The molecule has 249 valence electrons. The number of benzene rings is 2. The minimum atomic E-state index is -2.12. The Morgan fingerprint density at radius 1 is 0.978 bits per heavy atom. The van der Waals surface area contributed by atoms with Gasteiger partial charge in [-0.25, -0.2) is 11.3 Å². The van der Waals surface area contributed by atoms with Gasteiger partial charge in [-0.2, -0.15) is 0 Å². The third-order valence-corrected chi connectivity index (χ3v) is 12.2. The maximum absolute atomic E-state index is 11.7. The summed E-state index contributed by atoms with van der Waals surface area (Å²) in [6, 6.07) is 21.0. The zero-order valence-corrected chi connectivity index (χ0v) is 33.1. The summed E-state index contributed by atoms with van der Waals surface area (Å²) < 4.78 is 8.00. The van der Waals surface area contributed by atoms with Crippen LogP contribution in [-0.4, -0.2) is 24.2 Å². The molecule has 7 heteroatoms. The number of aliphatic hydroxyl groups excluding tert-OH is 1. The number of hydrogen-bond donors (Lipinski definition) is 1. The first-order chi connectivity index (χ1) is 21.3. The molecule has 2 aromatic carbocycles. The van der Waals surface area contributed by atoms with Gasteiger partial charge in [0.25, 0.3) is 8.32 Å². The third kappa shape index (κ3) is 8.86. The van der Waals surface area contributed by atoms with Crippen molar-refractivity contribution in [3.05, 3.63) is 78.2 Å². The van der Waals surface area contributed by atoms with Crippen LogP contribution in [0.4, 0.5) is 0 Å². The van der Waals surface area contributed by atoms with Gasteiger partial charge in [-0.3, -0.25) is 9.78 Å². The second-order valence-electron chi connectivity index (χ2n) is 13.8. The molecule has 0 fully saturated rings. The van der Waals surface area contributed by atoms with E-state index in [0.29, 0.717) is 0 Å². The molecule has 1 radical (unpaired) electrons. The molecule has 4 nitrogen and oxygen atoms in total. The number of ketones is 1. The zero-order valence-electron chi connectivity index (χ0n) is 28.9. The molecule has 4 aromatic rings. The summed E-state index contributed by atoms with van der Waals surface area (Å²) in [5.74, 6) is 1.47. The SMILES string of the molecule is CC(C)(C)Cc1ccc2c(c1)[Si](C)(C)Oc1c-2ccnc1-c1[c-]c2ccccc2s1.CCC(CC)C(=O)/C=C(\O)C(CC)CC.[Ir]. The number of allylic oxidation sites excluding steroid dienone is 2. The number of aliphatic hydroxyl groups is 1. The molecule has 0 atom stereocenters. The summed E-state index contributed by atoms with van der Waals surface area (Å²) in [6.45, 7) is 19.5. The van der Waals surface area contributed by atoms with Gasteiger partial charge in [-0.05, 0) is 82.6 Å². The second kappa shape index (κ2) is 16.0. The number of pyridine rings is 1. The van der Waals surface area contributed by atoms with E-state index in [1.54, 1.807) is 11.3 Å². The summed E-state index contributed by atoms with van der Waals surface area (Å²) in [5.41, 5.74) is 5.02. The predicted octanol–water partition coefficient (Wildman–Crippen LogP) is 10.7. The molecule has 0 spiro atoms. The summed E-state index contributed by atoms with van der Waals surface area (Å²) >= 11 is 1.73. The van der Waals surface area contributed by atoms with Crippen LogP contribution in [0.3, 0.4) is 0 Å². The number of thiophene rings is 1. The van der Waals surface area contributed by atoms with Gasteiger partial charge in [-0.15, -0.1) is 23.6 Å². The molecule has 0 unspecified atom stereocenters. The van der Waals surface area contributed by atoms with Crippen molar-refractivity contribution in [3.63, 3.8) is 0 Å². The van der Waals surface area contributed by atoms with Crippen molar-refractivity contribution in [3.8, 4) is 27.4 Å². The fourth-order valence-corrected chi connectivity index (χ4v) is 9.31. The number of carbonyl (C=O) groups is 1. The molecule has 0 amide bonds. The molecule has 0 bridgehead atoms. The molecule has 1 N–H and O–H groups in total. The van der Waals surface area contributed by atoms with Crippen LogP contribution in [0.5, 0.6) is 5.75 Å². The van der Waals surface area contributed by atoms with Crippen LogP contribution in [0.25, 0.3) is 31.8 Å². The fourth-order valence-electron chi connectivity index (χ4n) is 6.09. The van der Waals surface area contributed by atoms with Crippen molar-refractivity contribution in [1.29, 1.82) is 0 Å². The molecule has 3 heterocycles. The van der Waals surface area contributed by atoms with E-state index in [2.05, 4.69) is 88.5 Å². The largest absolute Gasteiger partial charge is 0.544 e. The molecule has 2 aromatic heterocycles. The molecule has 0 aliphatic carbocycles. The van der Waals surface area contributed by atoms with Crippen LogP contribution >= 0.6 is 11.3 Å². The summed E-state index contributed by atoms with van der Waals surface area (Å²) in [4.78, 5) is 17.5. The minimum Gasteiger partial charge on any atom is -0.544 e. The van der Waals surface area contributed by atoms with Gasteiger partial charge in [0.15, 0.2) is 5.78 Å². The minimum absolute atomic E-state index is 0. The second-order valence-corrected chi connectivity index (χ2v) is 18.6. The molecule has 46 heavy (non-hydrogen) atoms. The van der Waals surface area contributed by atoms with E-state index in [1.807, 2.05) is 33.9 Å². The normalized spacial score (nSPS) is 13.8. The monoisotopic (exact) mass is 833 g/mol. The van der Waals surface area contributed by atoms with Crippen LogP contribution in [0, 0.1) is 23.3 Å². The number of carbonyl (C=O) groups excluding carboxylic acids is 1. The van der Waals surface area contributed by atoms with Crippen LogP contribution in [0.2, 0.25) is 13.1 Å². The van der Waals surface area contributed by atoms with Gasteiger partial charge in [0.05, 0.1) is 11.5 Å². The number of aromatic nitrogens is 1. The summed E-state index contributed by atoms with van der Waals surface area (Å²) in [6.07, 6.45) is 7.88. The first-order valence-electron chi connectivity index (χ1n) is 16.5. The number of rotatable bonds is 9. The van der Waals surface area contributed by atoms with Gasteiger partial charge in [-0.1, -0.05) is 78.8 Å². The average Bonchev–Trinajstić information content (AvgIpc) is 3.42. The van der Waals surface area contributed by atoms with Crippen LogP contribution in [0.15, 0.2) is 66.6 Å². The van der Waals surface area contributed by atoms with Crippen molar-refractivity contribution in [2.75, 3.05) is 0 Å². The number of nitrogens with zero attached hydrogens (tertiary/aromatic N) is 1. The van der Waals surface area contributed by atoms with Crippen molar-refractivity contribution in [1.82, 2.24) is 4.98 Å². The average molecular weight is 833 g/mol. The van der Waals surface area contributed by atoms with Crippen LogP contribution < -0.4 is 9.61 Å². The Morgan fingerprint density at radius 2 is 1.63 bits per heavy atom. The Bertz CT molecular complexity index is 1630. The number of hydrogen-bond acceptors (Lipinski definition) is 5. The van der Waals surface area contributed by atoms with E-state index in [1.165, 1.54) is 27.1 Å². The van der Waals surface area contributed by atoms with E-state index in [4.69, 9.17) is 9.41 Å². The van der Waals surface area contributed by atoms with Crippen molar-refractivity contribution < 1.29 is 34.4 Å². The van der Waals surface area contributed by atoms with E-state index >= 15 is 0 Å². The summed E-state index contributed by atoms with van der Waals surface area (Å²) in [5, 5.41) is 12.3. The standard InChI is InChI=1S/C26H26NOSSi.C13H24O2.Ir/c1-26(2,3)16-17-10-11-19-20-12-13-27-24(25(20)28-30(4,5)23(19)14-17)22-15-18-8-6-7-9-21(18)29-22;1-5-10(6-2)12(14)9-13(15)11(7-3)8-4;/h6-14H,16H2,1-5H3;9-11,14H,5-8H2,1-4H3;/q-1;;/b;12-9-;. The van der Waals surface area contributed by atoms with Crippen LogP contribution in [0.1, 0.15) is 79.7 Å². The Morgan fingerprint density at radius 3 is 2.24 bits per heavy atom. The maximum Gasteiger partial charge on any atom is 0.276 e.